The highest BCUT2D eigenvalue weighted by atomic mass is 32.2. The van der Waals surface area contributed by atoms with Gasteiger partial charge in [-0.15, -0.1) is 0 Å². The first-order valence-corrected chi connectivity index (χ1v) is 8.82. The van der Waals surface area contributed by atoms with E-state index >= 15 is 0 Å². The summed E-state index contributed by atoms with van der Waals surface area (Å²) in [6.07, 6.45) is 0.0533. The molecule has 2 unspecified atom stereocenters. The Balaban J connectivity index is 3.05. The van der Waals surface area contributed by atoms with E-state index in [2.05, 4.69) is 5.32 Å². The number of nitrogens with zero attached hydrogens (tertiary/aromatic N) is 1. The Hall–Kier alpha value is -2.14. The van der Waals surface area contributed by atoms with Gasteiger partial charge in [-0.05, 0) is 40.2 Å². The quantitative estimate of drug-likeness (QED) is 0.303. The van der Waals surface area contributed by atoms with Crippen molar-refractivity contribution in [2.75, 3.05) is 6.61 Å². The van der Waals surface area contributed by atoms with Crippen molar-refractivity contribution in [3.05, 3.63) is 11.6 Å². The highest BCUT2D eigenvalue weighted by molar-refractivity contribution is 7.84. The van der Waals surface area contributed by atoms with Crippen LogP contribution in [0.15, 0.2) is 11.6 Å². The molecule has 0 spiro atoms. The zero-order valence-electron chi connectivity index (χ0n) is 14.6. The fraction of sp³-hybridized carbons (Fsp3) is 0.643. The summed E-state index contributed by atoms with van der Waals surface area (Å²) in [5.74, 6) is -1.79. The van der Waals surface area contributed by atoms with Gasteiger partial charge >= 0.3 is 22.4 Å². The molecular formula is C14H22N2O8S. The summed E-state index contributed by atoms with van der Waals surface area (Å²) in [6.45, 7) is 7.91. The Bertz CT molecular complexity index is 692. The molecule has 10 nitrogen and oxygen atoms in total. The van der Waals surface area contributed by atoms with E-state index in [0.29, 0.717) is 0 Å². The van der Waals surface area contributed by atoms with Crippen molar-refractivity contribution in [3.63, 3.8) is 0 Å². The molecule has 1 fully saturated rings. The van der Waals surface area contributed by atoms with Crippen molar-refractivity contribution in [2.24, 2.45) is 0 Å². The number of rotatable bonds is 5. The van der Waals surface area contributed by atoms with Gasteiger partial charge in [-0.1, -0.05) is 0 Å². The third-order valence-electron chi connectivity index (χ3n) is 3.07. The molecule has 11 heteroatoms. The predicted molar refractivity (Wildman–Crippen MR) is 85.7 cm³/mol. The summed E-state index contributed by atoms with van der Waals surface area (Å²) in [7, 11) is -4.86. The van der Waals surface area contributed by atoms with Crippen LogP contribution in [0.5, 0.6) is 0 Å². The molecule has 0 radical (unpaired) electrons. The van der Waals surface area contributed by atoms with Crippen LogP contribution in [0.25, 0.3) is 0 Å². The van der Waals surface area contributed by atoms with E-state index in [1.165, 1.54) is 6.92 Å². The number of alkyl carbamates (subject to hydrolysis) is 1. The first-order chi connectivity index (χ1) is 11.3. The van der Waals surface area contributed by atoms with Crippen LogP contribution >= 0.6 is 0 Å². The monoisotopic (exact) mass is 378 g/mol. The van der Waals surface area contributed by atoms with E-state index < -0.39 is 46.0 Å². The summed E-state index contributed by atoms with van der Waals surface area (Å²) < 4.78 is 41.9. The predicted octanol–water partition coefficient (Wildman–Crippen LogP) is 0.403. The molecule has 1 aliphatic heterocycles. The van der Waals surface area contributed by atoms with E-state index in [4.69, 9.17) is 9.47 Å². The van der Waals surface area contributed by atoms with Crippen LogP contribution in [0.3, 0.4) is 0 Å². The molecule has 1 heterocycles. The lowest BCUT2D eigenvalue weighted by Crippen LogP contribution is -2.72. The Morgan fingerprint density at radius 3 is 2.36 bits per heavy atom. The molecule has 0 aromatic rings. The van der Waals surface area contributed by atoms with Gasteiger partial charge in [-0.2, -0.15) is 8.42 Å². The molecular weight excluding hydrogens is 356 g/mol. The number of nitrogens with one attached hydrogen (secondary N) is 1. The number of hydrogen-bond donors (Lipinski definition) is 2. The van der Waals surface area contributed by atoms with Crippen molar-refractivity contribution in [1.82, 2.24) is 9.62 Å². The second kappa shape index (κ2) is 7.40. The van der Waals surface area contributed by atoms with Crippen molar-refractivity contribution in [1.29, 1.82) is 0 Å². The Kier molecular flexibility index (Phi) is 6.19. The lowest BCUT2D eigenvalue weighted by Gasteiger charge is -2.44. The molecule has 0 bridgehead atoms. The largest absolute Gasteiger partial charge is 0.463 e. The van der Waals surface area contributed by atoms with Crippen molar-refractivity contribution in [2.45, 2.75) is 52.3 Å². The lowest BCUT2D eigenvalue weighted by molar-refractivity contribution is -0.141. The minimum absolute atomic E-state index is 0.105. The van der Waals surface area contributed by atoms with Crippen LogP contribution in [0.1, 0.15) is 34.6 Å². The average Bonchev–Trinajstić information content (AvgIpc) is 2.38. The maximum atomic E-state index is 12.0. The molecule has 25 heavy (non-hydrogen) atoms. The Labute approximate surface area is 146 Å². The molecule has 1 rings (SSSR count). The molecule has 2 atom stereocenters. The molecule has 1 saturated heterocycles. The summed E-state index contributed by atoms with van der Waals surface area (Å²) >= 11 is 0. The number of carbonyl (C=O) groups excluding carboxylic acids is 3. The molecule has 0 saturated carbocycles. The van der Waals surface area contributed by atoms with Crippen LogP contribution in [0.4, 0.5) is 4.79 Å². The third kappa shape index (κ3) is 5.43. The van der Waals surface area contributed by atoms with E-state index in [-0.39, 0.29) is 16.5 Å². The maximum absolute atomic E-state index is 12.0. The molecule has 0 aromatic heterocycles. The molecule has 1 aliphatic rings. The first-order valence-electron chi connectivity index (χ1n) is 7.43. The smallest absolute Gasteiger partial charge is 0.408 e. The summed E-state index contributed by atoms with van der Waals surface area (Å²) in [6, 6.07) is -2.57. The van der Waals surface area contributed by atoms with Crippen LogP contribution in [0, 0.1) is 0 Å². The summed E-state index contributed by atoms with van der Waals surface area (Å²) in [5.41, 5.74) is -0.720. The van der Waals surface area contributed by atoms with Crippen molar-refractivity contribution in [3.8, 4) is 0 Å². The van der Waals surface area contributed by atoms with Gasteiger partial charge in [0.25, 0.3) is 5.91 Å². The minimum atomic E-state index is -4.86. The van der Waals surface area contributed by atoms with Gasteiger partial charge in [-0.3, -0.25) is 9.35 Å². The van der Waals surface area contributed by atoms with Crippen LogP contribution in [0.2, 0.25) is 0 Å². The fourth-order valence-electron chi connectivity index (χ4n) is 2.20. The zero-order valence-corrected chi connectivity index (χ0v) is 15.4. The van der Waals surface area contributed by atoms with Gasteiger partial charge in [0.2, 0.25) is 0 Å². The van der Waals surface area contributed by atoms with Crippen LogP contribution < -0.4 is 5.32 Å². The van der Waals surface area contributed by atoms with E-state index in [9.17, 15) is 27.4 Å². The SMILES string of the molecule is CCOC(=O)/C=C(\C)C1C(NC(=O)OC(C)(C)C)C(=O)N1S(=O)(=O)O. The van der Waals surface area contributed by atoms with E-state index in [0.717, 1.165) is 6.08 Å². The second-order valence-electron chi connectivity index (χ2n) is 6.32. The number of carbonyl (C=O) groups is 3. The highest BCUT2D eigenvalue weighted by Gasteiger charge is 2.55. The Morgan fingerprint density at radius 2 is 1.92 bits per heavy atom. The summed E-state index contributed by atoms with van der Waals surface area (Å²) in [5, 5.41) is 2.24. The molecule has 142 valence electrons. The summed E-state index contributed by atoms with van der Waals surface area (Å²) in [4.78, 5) is 35.4. The molecule has 2 N–H and O–H groups in total. The van der Waals surface area contributed by atoms with Gasteiger partial charge in [0.1, 0.15) is 17.7 Å². The number of esters is 1. The highest BCUT2D eigenvalue weighted by Crippen LogP contribution is 2.29. The van der Waals surface area contributed by atoms with Crippen molar-refractivity contribution < 1.29 is 36.8 Å². The van der Waals surface area contributed by atoms with Gasteiger partial charge in [0.15, 0.2) is 0 Å². The van der Waals surface area contributed by atoms with Gasteiger partial charge in [0.05, 0.1) is 6.61 Å². The molecule has 0 aromatic carbocycles. The molecule has 0 aliphatic carbocycles. The minimum Gasteiger partial charge on any atom is -0.463 e. The van der Waals surface area contributed by atoms with E-state index in [1.54, 1.807) is 27.7 Å². The number of hydrogen-bond acceptors (Lipinski definition) is 7. The normalized spacial score (nSPS) is 21.4. The topological polar surface area (TPSA) is 139 Å². The number of amides is 2. The fourth-order valence-corrected chi connectivity index (χ4v) is 3.11. The van der Waals surface area contributed by atoms with Crippen LogP contribution in [-0.4, -0.2) is 59.5 Å². The maximum Gasteiger partial charge on any atom is 0.408 e. The van der Waals surface area contributed by atoms with Gasteiger partial charge in [0, 0.05) is 6.08 Å². The zero-order chi connectivity index (χ0) is 19.6. The van der Waals surface area contributed by atoms with Crippen LogP contribution in [-0.2, 0) is 29.4 Å². The average molecular weight is 378 g/mol. The van der Waals surface area contributed by atoms with Gasteiger partial charge in [-0.25, -0.2) is 13.9 Å². The number of ether oxygens (including phenoxy) is 2. The van der Waals surface area contributed by atoms with E-state index in [1.807, 2.05) is 0 Å². The lowest BCUT2D eigenvalue weighted by atomic mass is 9.92. The third-order valence-corrected chi connectivity index (χ3v) is 3.98. The Morgan fingerprint density at radius 1 is 1.36 bits per heavy atom. The first kappa shape index (κ1) is 20.9. The standard InChI is InChI=1S/C14H22N2O8S/c1-6-23-9(17)7-8(2)11-10(12(18)16(11)25(20,21)22)15-13(19)24-14(3,4)5/h7,10-11H,6H2,1-5H3,(H,15,19)(H,20,21,22)/b8-7+. The molecule has 2 amide bonds. The number of β-lactam (4-membered cyclic amide) rings is 1. The van der Waals surface area contributed by atoms with Gasteiger partial charge < -0.3 is 14.8 Å². The second-order valence-corrected chi connectivity index (χ2v) is 7.61. The van der Waals surface area contributed by atoms with Crippen molar-refractivity contribution >= 4 is 28.3 Å².